The van der Waals surface area contributed by atoms with Gasteiger partial charge < -0.3 is 15.8 Å². The van der Waals surface area contributed by atoms with Gasteiger partial charge in [0.05, 0.1) is 24.2 Å². The highest BCUT2D eigenvalue weighted by Gasteiger charge is 1.99. The van der Waals surface area contributed by atoms with E-state index in [1.54, 1.807) is 13.2 Å². The Kier molecular flexibility index (Phi) is 3.79. The predicted molar refractivity (Wildman–Crippen MR) is 54.0 cm³/mol. The lowest BCUT2D eigenvalue weighted by Gasteiger charge is -2.07. The van der Waals surface area contributed by atoms with Crippen LogP contribution in [0, 0.1) is 0 Å². The summed E-state index contributed by atoms with van der Waals surface area (Å²) in [5, 5.41) is 3.51. The van der Waals surface area contributed by atoms with Gasteiger partial charge in [-0.1, -0.05) is 11.6 Å². The second-order valence-electron chi connectivity index (χ2n) is 2.51. The lowest BCUT2D eigenvalue weighted by Crippen LogP contribution is -2.09. The van der Waals surface area contributed by atoms with Gasteiger partial charge in [-0.2, -0.15) is 0 Å². The first kappa shape index (κ1) is 10.1. The van der Waals surface area contributed by atoms with Crippen molar-refractivity contribution >= 4 is 23.0 Å². The number of nitrogens with two attached hydrogens (primary N) is 1. The van der Waals surface area contributed by atoms with Crippen molar-refractivity contribution in [2.45, 2.75) is 0 Å². The molecule has 0 radical (unpaired) electrons. The first-order valence-electron chi connectivity index (χ1n) is 3.88. The number of nitrogens with zero attached hydrogens (tertiary/aromatic N) is 1. The quantitative estimate of drug-likeness (QED) is 0.571. The van der Waals surface area contributed by atoms with Crippen LogP contribution in [0.5, 0.6) is 0 Å². The third-order valence-electron chi connectivity index (χ3n) is 1.52. The van der Waals surface area contributed by atoms with Crippen LogP contribution in [0.1, 0.15) is 0 Å². The van der Waals surface area contributed by atoms with Crippen molar-refractivity contribution in [1.29, 1.82) is 0 Å². The number of hydrogen-bond acceptors (Lipinski definition) is 4. The zero-order valence-electron chi connectivity index (χ0n) is 7.38. The van der Waals surface area contributed by atoms with Crippen LogP contribution in [0.4, 0.5) is 11.4 Å². The number of ether oxygens (including phenoxy) is 1. The zero-order valence-corrected chi connectivity index (χ0v) is 8.14. The highest BCUT2D eigenvalue weighted by atomic mass is 35.5. The maximum atomic E-state index is 5.69. The number of hydrogen-bond donors (Lipinski definition) is 2. The van der Waals surface area contributed by atoms with Gasteiger partial charge in [0.25, 0.3) is 0 Å². The van der Waals surface area contributed by atoms with Gasteiger partial charge in [0.15, 0.2) is 0 Å². The average molecular weight is 202 g/mol. The fraction of sp³-hybridized carbons (Fsp3) is 0.375. The standard InChI is InChI=1S/C8H12ClN3O/c1-13-3-2-11-7-4-8(9)12-5-6(7)10/h4-5H,2-3,10H2,1H3,(H,11,12). The van der Waals surface area contributed by atoms with Crippen molar-refractivity contribution in [2.75, 3.05) is 31.3 Å². The third-order valence-corrected chi connectivity index (χ3v) is 1.73. The van der Waals surface area contributed by atoms with Gasteiger partial charge in [-0.25, -0.2) is 4.98 Å². The SMILES string of the molecule is COCCNc1cc(Cl)ncc1N. The number of nitrogens with one attached hydrogen (secondary N) is 1. The van der Waals surface area contributed by atoms with Gasteiger partial charge in [-0.15, -0.1) is 0 Å². The Morgan fingerprint density at radius 2 is 2.46 bits per heavy atom. The Labute approximate surface area is 82.1 Å². The van der Waals surface area contributed by atoms with Crippen LogP contribution in [0.25, 0.3) is 0 Å². The van der Waals surface area contributed by atoms with Gasteiger partial charge in [-0.3, -0.25) is 0 Å². The molecule has 13 heavy (non-hydrogen) atoms. The Balaban J connectivity index is 2.59. The summed E-state index contributed by atoms with van der Waals surface area (Å²) in [6.45, 7) is 1.32. The minimum absolute atomic E-state index is 0.425. The van der Waals surface area contributed by atoms with Crippen molar-refractivity contribution in [2.24, 2.45) is 0 Å². The molecule has 0 saturated heterocycles. The molecule has 0 unspecified atom stereocenters. The molecular formula is C8H12ClN3O. The lowest BCUT2D eigenvalue weighted by molar-refractivity contribution is 0.211. The molecule has 72 valence electrons. The smallest absolute Gasteiger partial charge is 0.131 e. The van der Waals surface area contributed by atoms with E-state index in [4.69, 9.17) is 22.1 Å². The number of nitrogen functional groups attached to an aromatic ring is 1. The summed E-state index contributed by atoms with van der Waals surface area (Å²) in [4.78, 5) is 3.84. The largest absolute Gasteiger partial charge is 0.396 e. The first-order valence-corrected chi connectivity index (χ1v) is 4.25. The summed E-state index contributed by atoms with van der Waals surface area (Å²) in [6.07, 6.45) is 1.53. The molecule has 0 aliphatic heterocycles. The number of pyridine rings is 1. The zero-order chi connectivity index (χ0) is 9.68. The lowest BCUT2D eigenvalue weighted by atomic mass is 10.3. The van der Waals surface area contributed by atoms with Crippen molar-refractivity contribution in [1.82, 2.24) is 4.98 Å². The van der Waals surface area contributed by atoms with Gasteiger partial charge in [0, 0.05) is 19.7 Å². The van der Waals surface area contributed by atoms with Crippen LogP contribution in [-0.2, 0) is 4.74 Å². The van der Waals surface area contributed by atoms with E-state index in [0.29, 0.717) is 24.0 Å². The number of methoxy groups -OCH3 is 1. The Morgan fingerprint density at radius 1 is 1.69 bits per heavy atom. The summed E-state index contributed by atoms with van der Waals surface area (Å²) in [5.41, 5.74) is 7.02. The molecule has 0 atom stereocenters. The van der Waals surface area contributed by atoms with E-state index < -0.39 is 0 Å². The van der Waals surface area contributed by atoms with Gasteiger partial charge in [-0.05, 0) is 0 Å². The summed E-state index contributed by atoms with van der Waals surface area (Å²) in [6, 6.07) is 1.69. The summed E-state index contributed by atoms with van der Waals surface area (Å²) < 4.78 is 4.88. The molecule has 0 fully saturated rings. The first-order chi connectivity index (χ1) is 6.24. The summed E-state index contributed by atoms with van der Waals surface area (Å²) in [7, 11) is 1.64. The maximum absolute atomic E-state index is 5.69. The van der Waals surface area contributed by atoms with Gasteiger partial charge in [0.1, 0.15) is 5.15 Å². The van der Waals surface area contributed by atoms with Crippen LogP contribution >= 0.6 is 11.6 Å². The minimum Gasteiger partial charge on any atom is -0.396 e. The molecule has 0 aliphatic carbocycles. The molecule has 1 aromatic rings. The van der Waals surface area contributed by atoms with Crippen molar-refractivity contribution in [3.05, 3.63) is 17.4 Å². The molecule has 1 aromatic heterocycles. The number of aromatic nitrogens is 1. The molecule has 0 amide bonds. The molecule has 5 heteroatoms. The van der Waals surface area contributed by atoms with Crippen LogP contribution in [-0.4, -0.2) is 25.2 Å². The average Bonchev–Trinajstić information content (AvgIpc) is 2.11. The Morgan fingerprint density at radius 3 is 3.15 bits per heavy atom. The second-order valence-corrected chi connectivity index (χ2v) is 2.90. The van der Waals surface area contributed by atoms with Crippen molar-refractivity contribution in [3.63, 3.8) is 0 Å². The van der Waals surface area contributed by atoms with Crippen molar-refractivity contribution in [3.8, 4) is 0 Å². The monoisotopic (exact) mass is 201 g/mol. The molecule has 0 bridgehead atoms. The molecular weight excluding hydrogens is 190 g/mol. The van der Waals surface area contributed by atoms with Crippen LogP contribution in [0.15, 0.2) is 12.3 Å². The van der Waals surface area contributed by atoms with E-state index in [0.717, 1.165) is 5.69 Å². The van der Waals surface area contributed by atoms with E-state index in [9.17, 15) is 0 Å². The molecule has 1 rings (SSSR count). The number of halogens is 1. The number of anilines is 2. The van der Waals surface area contributed by atoms with Crippen LogP contribution in [0.3, 0.4) is 0 Å². The minimum atomic E-state index is 0.425. The van der Waals surface area contributed by atoms with E-state index in [-0.39, 0.29) is 0 Å². The number of rotatable bonds is 4. The molecule has 4 nitrogen and oxygen atoms in total. The van der Waals surface area contributed by atoms with E-state index in [1.165, 1.54) is 6.20 Å². The van der Waals surface area contributed by atoms with E-state index in [1.807, 2.05) is 0 Å². The molecule has 3 N–H and O–H groups in total. The van der Waals surface area contributed by atoms with Gasteiger partial charge >= 0.3 is 0 Å². The molecule has 0 saturated carbocycles. The molecule has 0 aromatic carbocycles. The van der Waals surface area contributed by atoms with E-state index in [2.05, 4.69) is 10.3 Å². The Hall–Kier alpha value is -1.00. The fourth-order valence-corrected chi connectivity index (χ4v) is 1.04. The predicted octanol–water partition coefficient (Wildman–Crippen LogP) is 1.38. The Bertz CT molecular complexity index is 280. The summed E-state index contributed by atoms with van der Waals surface area (Å²) >= 11 is 5.69. The van der Waals surface area contributed by atoms with Crippen LogP contribution in [0.2, 0.25) is 5.15 Å². The van der Waals surface area contributed by atoms with Crippen molar-refractivity contribution < 1.29 is 4.74 Å². The normalized spacial score (nSPS) is 10.0. The third kappa shape index (κ3) is 3.08. The highest BCUT2D eigenvalue weighted by molar-refractivity contribution is 6.29. The molecule has 0 spiro atoms. The van der Waals surface area contributed by atoms with Crippen LogP contribution < -0.4 is 11.1 Å². The maximum Gasteiger partial charge on any atom is 0.131 e. The molecule has 0 aliphatic rings. The second kappa shape index (κ2) is 4.89. The van der Waals surface area contributed by atoms with Gasteiger partial charge in [0.2, 0.25) is 0 Å². The highest BCUT2D eigenvalue weighted by Crippen LogP contribution is 2.19. The van der Waals surface area contributed by atoms with E-state index >= 15 is 0 Å². The molecule has 1 heterocycles. The summed E-state index contributed by atoms with van der Waals surface area (Å²) in [5.74, 6) is 0. The topological polar surface area (TPSA) is 60.2 Å². The fourth-order valence-electron chi connectivity index (χ4n) is 0.881.